The third-order valence-electron chi connectivity index (χ3n) is 4.68. The standard InChI is InChI=1S/C20H16N2OS/c1-11-19(12(2)23-22-11)14-6-7-17-18(10-14)24-20(21-17)15-5-3-4-13-8-16(13)9-15/h3,5-10,13H,4H2,1-2H3. The Morgan fingerprint density at radius 1 is 1.25 bits per heavy atom. The summed E-state index contributed by atoms with van der Waals surface area (Å²) in [5.74, 6) is 1.52. The molecule has 24 heavy (non-hydrogen) atoms. The van der Waals surface area contributed by atoms with Crippen LogP contribution in [0.2, 0.25) is 0 Å². The smallest absolute Gasteiger partial charge is 0.141 e. The van der Waals surface area contributed by atoms with Crippen LogP contribution in [0, 0.1) is 19.8 Å². The Kier molecular flexibility index (Phi) is 2.91. The lowest BCUT2D eigenvalue weighted by Crippen LogP contribution is -1.81. The van der Waals surface area contributed by atoms with Crippen LogP contribution < -0.4 is 0 Å². The van der Waals surface area contributed by atoms with Crippen molar-refractivity contribution in [2.45, 2.75) is 20.3 Å². The molecule has 0 aliphatic heterocycles. The molecule has 2 aliphatic rings. The molecule has 0 radical (unpaired) electrons. The maximum Gasteiger partial charge on any atom is 0.141 e. The molecule has 1 atom stereocenters. The summed E-state index contributed by atoms with van der Waals surface area (Å²) >= 11 is 1.75. The summed E-state index contributed by atoms with van der Waals surface area (Å²) in [6.45, 7) is 3.94. The average Bonchev–Trinajstić information content (AvgIpc) is 3.08. The Morgan fingerprint density at radius 3 is 3.00 bits per heavy atom. The summed E-state index contributed by atoms with van der Waals surface area (Å²) in [4.78, 5) is 4.83. The number of hydrogen-bond acceptors (Lipinski definition) is 4. The molecular formula is C20H16N2OS. The predicted molar refractivity (Wildman–Crippen MR) is 97.9 cm³/mol. The number of aryl methyl sites for hydroxylation is 2. The molecule has 1 aromatic carbocycles. The fraction of sp³-hybridized carbons (Fsp3) is 0.200. The minimum atomic E-state index is 0.666. The Balaban J connectivity index is 1.60. The van der Waals surface area contributed by atoms with Gasteiger partial charge in [0.05, 0.1) is 15.9 Å². The molecule has 3 aromatic rings. The molecule has 2 heterocycles. The van der Waals surface area contributed by atoms with Gasteiger partial charge in [-0.3, -0.25) is 0 Å². The van der Waals surface area contributed by atoms with Gasteiger partial charge >= 0.3 is 0 Å². The molecule has 0 amide bonds. The van der Waals surface area contributed by atoms with Crippen molar-refractivity contribution >= 4 is 27.1 Å². The van der Waals surface area contributed by atoms with Crippen molar-refractivity contribution in [3.63, 3.8) is 0 Å². The first-order valence-corrected chi connectivity index (χ1v) is 8.95. The molecule has 0 fully saturated rings. The molecule has 0 N–H and O–H groups in total. The fourth-order valence-electron chi connectivity index (χ4n) is 3.34. The van der Waals surface area contributed by atoms with Crippen molar-refractivity contribution in [3.8, 4) is 11.1 Å². The van der Waals surface area contributed by atoms with Crippen LogP contribution >= 0.6 is 11.3 Å². The summed E-state index contributed by atoms with van der Waals surface area (Å²) < 4.78 is 6.50. The van der Waals surface area contributed by atoms with E-state index in [1.165, 1.54) is 15.8 Å². The van der Waals surface area contributed by atoms with Crippen LogP contribution in [0.25, 0.3) is 26.9 Å². The van der Waals surface area contributed by atoms with Crippen LogP contribution in [0.5, 0.6) is 0 Å². The van der Waals surface area contributed by atoms with Gasteiger partial charge in [0, 0.05) is 17.1 Å². The van der Waals surface area contributed by atoms with Crippen molar-refractivity contribution in [3.05, 3.63) is 64.5 Å². The highest BCUT2D eigenvalue weighted by Crippen LogP contribution is 2.40. The van der Waals surface area contributed by atoms with Gasteiger partial charge in [-0.05, 0) is 49.6 Å². The lowest BCUT2D eigenvalue weighted by molar-refractivity contribution is 0.393. The maximum absolute atomic E-state index is 5.31. The Bertz CT molecular complexity index is 1050. The molecule has 2 aromatic heterocycles. The first-order valence-electron chi connectivity index (χ1n) is 8.13. The van der Waals surface area contributed by atoms with E-state index in [-0.39, 0.29) is 0 Å². The summed E-state index contributed by atoms with van der Waals surface area (Å²) in [5.41, 5.74) is 6.88. The van der Waals surface area contributed by atoms with Gasteiger partial charge in [-0.1, -0.05) is 29.5 Å². The van der Waals surface area contributed by atoms with Crippen LogP contribution in [0.1, 0.15) is 22.9 Å². The average molecular weight is 332 g/mol. The number of fused-ring (bicyclic) bond motifs is 2. The van der Waals surface area contributed by atoms with E-state index in [1.54, 1.807) is 11.3 Å². The van der Waals surface area contributed by atoms with Crippen molar-refractivity contribution in [2.24, 2.45) is 5.92 Å². The number of allylic oxidation sites excluding steroid dienone is 6. The van der Waals surface area contributed by atoms with Crippen molar-refractivity contribution in [2.75, 3.05) is 0 Å². The number of rotatable bonds is 2. The summed E-state index contributed by atoms with van der Waals surface area (Å²) in [7, 11) is 0. The highest BCUT2D eigenvalue weighted by atomic mass is 32.1. The monoisotopic (exact) mass is 332 g/mol. The molecule has 118 valence electrons. The van der Waals surface area contributed by atoms with E-state index in [2.05, 4.69) is 47.7 Å². The third kappa shape index (κ3) is 2.18. The number of thiazole rings is 1. The van der Waals surface area contributed by atoms with Crippen molar-refractivity contribution < 1.29 is 4.52 Å². The van der Waals surface area contributed by atoms with Crippen LogP contribution in [-0.4, -0.2) is 10.1 Å². The Labute approximate surface area is 144 Å². The normalized spacial score (nSPS) is 19.0. The highest BCUT2D eigenvalue weighted by molar-refractivity contribution is 7.19. The van der Waals surface area contributed by atoms with Crippen LogP contribution in [0.3, 0.4) is 0 Å². The zero-order valence-electron chi connectivity index (χ0n) is 13.5. The summed E-state index contributed by atoms with van der Waals surface area (Å²) in [6.07, 6.45) is 10.2. The molecular weight excluding hydrogens is 316 g/mol. The first kappa shape index (κ1) is 13.9. The Hall–Kier alpha value is -2.46. The quantitative estimate of drug-likeness (QED) is 0.625. The molecule has 0 saturated heterocycles. The molecule has 4 heteroatoms. The lowest BCUT2D eigenvalue weighted by Gasteiger charge is -1.99. The van der Waals surface area contributed by atoms with Gasteiger partial charge in [0.25, 0.3) is 0 Å². The van der Waals surface area contributed by atoms with E-state index in [0.29, 0.717) is 5.92 Å². The number of benzene rings is 1. The van der Waals surface area contributed by atoms with E-state index in [9.17, 15) is 0 Å². The maximum atomic E-state index is 5.31. The summed E-state index contributed by atoms with van der Waals surface area (Å²) in [6, 6.07) is 6.40. The zero-order valence-corrected chi connectivity index (χ0v) is 14.4. The SMILES string of the molecule is Cc1noc(C)c1-c1ccc2nc(C3=CC4=CC4CC=C3)sc2c1. The second kappa shape index (κ2) is 5.02. The summed E-state index contributed by atoms with van der Waals surface area (Å²) in [5, 5.41) is 5.15. The highest BCUT2D eigenvalue weighted by Gasteiger charge is 2.24. The van der Waals surface area contributed by atoms with Crippen molar-refractivity contribution in [1.29, 1.82) is 0 Å². The minimum absolute atomic E-state index is 0.666. The lowest BCUT2D eigenvalue weighted by atomic mass is 10.0. The molecule has 0 saturated carbocycles. The van der Waals surface area contributed by atoms with E-state index in [1.807, 2.05) is 13.8 Å². The molecule has 2 aliphatic carbocycles. The van der Waals surface area contributed by atoms with Gasteiger partial charge in [-0.2, -0.15) is 0 Å². The van der Waals surface area contributed by atoms with Gasteiger partial charge in [0.15, 0.2) is 0 Å². The van der Waals surface area contributed by atoms with Crippen LogP contribution in [0.15, 0.2) is 52.6 Å². The number of nitrogens with zero attached hydrogens (tertiary/aromatic N) is 2. The van der Waals surface area contributed by atoms with E-state index in [4.69, 9.17) is 9.51 Å². The number of aromatic nitrogens is 2. The molecule has 5 rings (SSSR count). The van der Waals surface area contributed by atoms with E-state index >= 15 is 0 Å². The second-order valence-corrected chi connectivity index (χ2v) is 7.44. The third-order valence-corrected chi connectivity index (χ3v) is 5.75. The van der Waals surface area contributed by atoms with Gasteiger partial charge < -0.3 is 4.52 Å². The molecule has 0 bridgehead atoms. The molecule has 1 unspecified atom stereocenters. The topological polar surface area (TPSA) is 38.9 Å². The largest absolute Gasteiger partial charge is 0.361 e. The second-order valence-electron chi connectivity index (χ2n) is 6.41. The van der Waals surface area contributed by atoms with Gasteiger partial charge in [0.1, 0.15) is 10.8 Å². The van der Waals surface area contributed by atoms with E-state index in [0.717, 1.165) is 39.5 Å². The fourth-order valence-corrected chi connectivity index (χ4v) is 4.35. The van der Waals surface area contributed by atoms with Gasteiger partial charge in [-0.25, -0.2) is 4.98 Å². The molecule has 3 nitrogen and oxygen atoms in total. The number of hydrogen-bond donors (Lipinski definition) is 0. The minimum Gasteiger partial charge on any atom is -0.361 e. The van der Waals surface area contributed by atoms with Crippen LogP contribution in [-0.2, 0) is 0 Å². The van der Waals surface area contributed by atoms with Crippen LogP contribution in [0.4, 0.5) is 0 Å². The zero-order chi connectivity index (χ0) is 16.3. The van der Waals surface area contributed by atoms with Gasteiger partial charge in [-0.15, -0.1) is 11.3 Å². The van der Waals surface area contributed by atoms with Crippen molar-refractivity contribution in [1.82, 2.24) is 10.1 Å². The Morgan fingerprint density at radius 2 is 2.17 bits per heavy atom. The predicted octanol–water partition coefficient (Wildman–Crippen LogP) is 5.47. The first-order chi connectivity index (χ1) is 11.7. The van der Waals surface area contributed by atoms with E-state index < -0.39 is 0 Å². The van der Waals surface area contributed by atoms with Gasteiger partial charge in [0.2, 0.25) is 0 Å². The molecule has 0 spiro atoms.